The van der Waals surface area contributed by atoms with Crippen LogP contribution >= 0.6 is 59.6 Å². The van der Waals surface area contributed by atoms with Crippen LogP contribution in [0.15, 0.2) is 24.6 Å². The number of benzene rings is 1. The quantitative estimate of drug-likeness (QED) is 0.398. The minimum absolute atomic E-state index is 0.158. The lowest BCUT2D eigenvalue weighted by atomic mass is 10.2. The molecule has 2 rings (SSSR count). The van der Waals surface area contributed by atoms with Crippen molar-refractivity contribution >= 4 is 71.1 Å². The highest BCUT2D eigenvalue weighted by Crippen LogP contribution is 2.42. The van der Waals surface area contributed by atoms with Crippen LogP contribution in [0.5, 0.6) is 5.75 Å². The highest BCUT2D eigenvalue weighted by atomic mass is 79.9. The SMILES string of the molecule is COc1cc(Br)c(NC(=O)CSc2n[nH]c(C(C)C)n2)c(Br)c1Br. The summed E-state index contributed by atoms with van der Waals surface area (Å²) in [6, 6.07) is 1.78. The minimum Gasteiger partial charge on any atom is -0.495 e. The molecule has 0 atom stereocenters. The predicted molar refractivity (Wildman–Crippen MR) is 106 cm³/mol. The molecule has 0 saturated heterocycles. The second-order valence-electron chi connectivity index (χ2n) is 5.06. The van der Waals surface area contributed by atoms with E-state index in [2.05, 4.69) is 68.3 Å². The molecule has 1 aromatic heterocycles. The molecule has 0 aliphatic carbocycles. The van der Waals surface area contributed by atoms with Crippen LogP contribution in [0.25, 0.3) is 0 Å². The van der Waals surface area contributed by atoms with Gasteiger partial charge in [0.2, 0.25) is 11.1 Å². The summed E-state index contributed by atoms with van der Waals surface area (Å²) >= 11 is 11.6. The van der Waals surface area contributed by atoms with Gasteiger partial charge in [-0.1, -0.05) is 25.6 Å². The largest absolute Gasteiger partial charge is 0.495 e. The first-order valence-corrected chi connectivity index (χ1v) is 10.3. The minimum atomic E-state index is -0.158. The molecule has 0 aliphatic rings. The summed E-state index contributed by atoms with van der Waals surface area (Å²) in [5.74, 6) is 1.78. The molecule has 0 spiro atoms. The number of rotatable bonds is 6. The zero-order valence-corrected chi connectivity index (χ0v) is 18.7. The van der Waals surface area contributed by atoms with Crippen LogP contribution in [0.3, 0.4) is 0 Å². The molecule has 2 aromatic rings. The van der Waals surface area contributed by atoms with Crippen molar-refractivity contribution in [3.63, 3.8) is 0 Å². The van der Waals surface area contributed by atoms with Crippen LogP contribution < -0.4 is 10.1 Å². The molecule has 10 heteroatoms. The van der Waals surface area contributed by atoms with Crippen molar-refractivity contribution in [1.29, 1.82) is 0 Å². The van der Waals surface area contributed by atoms with Crippen molar-refractivity contribution in [3.8, 4) is 5.75 Å². The molecule has 0 aliphatic heterocycles. The number of aromatic amines is 1. The van der Waals surface area contributed by atoms with Gasteiger partial charge in [0.25, 0.3) is 0 Å². The summed E-state index contributed by atoms with van der Waals surface area (Å²) in [4.78, 5) is 16.5. The van der Waals surface area contributed by atoms with Crippen LogP contribution in [0.1, 0.15) is 25.6 Å². The molecule has 1 amide bonds. The molecule has 0 radical (unpaired) electrons. The Labute approximate surface area is 169 Å². The van der Waals surface area contributed by atoms with E-state index in [1.54, 1.807) is 13.2 Å². The Bertz CT molecular complexity index is 752. The smallest absolute Gasteiger partial charge is 0.234 e. The van der Waals surface area contributed by atoms with Gasteiger partial charge in [-0.15, -0.1) is 5.10 Å². The van der Waals surface area contributed by atoms with Gasteiger partial charge >= 0.3 is 0 Å². The van der Waals surface area contributed by atoms with Gasteiger partial charge in [-0.25, -0.2) is 4.98 Å². The van der Waals surface area contributed by atoms with Gasteiger partial charge in [-0.2, -0.15) is 0 Å². The van der Waals surface area contributed by atoms with Crippen molar-refractivity contribution in [2.24, 2.45) is 0 Å². The Morgan fingerprint density at radius 3 is 2.67 bits per heavy atom. The number of nitrogens with zero attached hydrogens (tertiary/aromatic N) is 2. The van der Waals surface area contributed by atoms with Gasteiger partial charge in [-0.05, 0) is 53.9 Å². The molecule has 130 valence electrons. The topological polar surface area (TPSA) is 79.9 Å². The number of anilines is 1. The average Bonchev–Trinajstić information content (AvgIpc) is 3.02. The number of amides is 1. The van der Waals surface area contributed by atoms with E-state index >= 15 is 0 Å². The maximum Gasteiger partial charge on any atom is 0.234 e. The van der Waals surface area contributed by atoms with E-state index in [-0.39, 0.29) is 17.6 Å². The lowest BCUT2D eigenvalue weighted by Crippen LogP contribution is -2.15. The Kier molecular flexibility index (Phi) is 7.14. The molecule has 0 unspecified atom stereocenters. The van der Waals surface area contributed by atoms with Crippen LogP contribution in [0.2, 0.25) is 0 Å². The Morgan fingerprint density at radius 2 is 2.08 bits per heavy atom. The highest BCUT2D eigenvalue weighted by molar-refractivity contribution is 9.13. The number of H-pyrrole nitrogens is 1. The third-order valence-corrected chi connectivity index (χ3v) is 6.56. The van der Waals surface area contributed by atoms with Gasteiger partial charge in [0.1, 0.15) is 11.6 Å². The maximum atomic E-state index is 12.2. The molecular weight excluding hydrogens is 528 g/mol. The van der Waals surface area contributed by atoms with Crippen molar-refractivity contribution in [2.45, 2.75) is 24.9 Å². The Balaban J connectivity index is 2.03. The zero-order valence-electron chi connectivity index (χ0n) is 13.1. The third kappa shape index (κ3) is 4.74. The first-order chi connectivity index (χ1) is 11.3. The number of methoxy groups -OCH3 is 1. The van der Waals surface area contributed by atoms with E-state index in [9.17, 15) is 4.79 Å². The summed E-state index contributed by atoms with van der Waals surface area (Å²) < 4.78 is 7.39. The summed E-state index contributed by atoms with van der Waals surface area (Å²) in [5, 5.41) is 10.4. The maximum absolute atomic E-state index is 12.2. The van der Waals surface area contributed by atoms with E-state index in [0.29, 0.717) is 25.5 Å². The van der Waals surface area contributed by atoms with Crippen LogP contribution in [0.4, 0.5) is 5.69 Å². The summed E-state index contributed by atoms with van der Waals surface area (Å²) in [5.41, 5.74) is 0.631. The van der Waals surface area contributed by atoms with E-state index in [1.165, 1.54) is 11.8 Å². The lowest BCUT2D eigenvalue weighted by Gasteiger charge is -2.13. The predicted octanol–water partition coefficient (Wildman–Crippen LogP) is 4.96. The molecule has 0 bridgehead atoms. The van der Waals surface area contributed by atoms with Crippen molar-refractivity contribution in [1.82, 2.24) is 15.2 Å². The summed E-state index contributed by atoms with van der Waals surface area (Å²) in [6.07, 6.45) is 0. The van der Waals surface area contributed by atoms with E-state index in [0.717, 1.165) is 10.3 Å². The van der Waals surface area contributed by atoms with Gasteiger partial charge in [0.05, 0.1) is 27.5 Å². The number of thioether (sulfide) groups is 1. The number of halogens is 3. The Hall–Kier alpha value is -0.580. The fourth-order valence-electron chi connectivity index (χ4n) is 1.72. The number of carbonyl (C=O) groups is 1. The summed E-state index contributed by atoms with van der Waals surface area (Å²) in [7, 11) is 1.58. The van der Waals surface area contributed by atoms with Crippen molar-refractivity contribution in [3.05, 3.63) is 25.3 Å². The van der Waals surface area contributed by atoms with Gasteiger partial charge in [0.15, 0.2) is 0 Å². The summed E-state index contributed by atoms with van der Waals surface area (Å²) in [6.45, 7) is 4.05. The molecular formula is C14H15Br3N4O2S. The highest BCUT2D eigenvalue weighted by Gasteiger charge is 2.17. The van der Waals surface area contributed by atoms with Crippen molar-refractivity contribution < 1.29 is 9.53 Å². The molecule has 1 aromatic carbocycles. The fourth-order valence-corrected chi connectivity index (χ4v) is 4.08. The first kappa shape index (κ1) is 19.7. The molecule has 2 N–H and O–H groups in total. The standard InChI is InChI=1S/C14H15Br3N4O2S/c1-6(2)13-19-14(21-20-13)24-5-9(22)18-12-7(15)4-8(23-3)10(16)11(12)17/h4,6H,5H2,1-3H3,(H,18,22)(H,19,20,21). The van der Waals surface area contributed by atoms with Gasteiger partial charge in [0, 0.05) is 10.4 Å². The van der Waals surface area contributed by atoms with E-state index in [4.69, 9.17) is 4.74 Å². The normalized spacial score (nSPS) is 11.0. The van der Waals surface area contributed by atoms with E-state index in [1.807, 2.05) is 13.8 Å². The molecule has 6 nitrogen and oxygen atoms in total. The number of hydrogen-bond donors (Lipinski definition) is 2. The molecule has 1 heterocycles. The molecule has 0 saturated carbocycles. The monoisotopic (exact) mass is 540 g/mol. The zero-order chi connectivity index (χ0) is 17.9. The van der Waals surface area contributed by atoms with Gasteiger partial charge in [-0.3, -0.25) is 9.89 Å². The number of aromatic nitrogens is 3. The fraction of sp³-hybridized carbons (Fsp3) is 0.357. The first-order valence-electron chi connectivity index (χ1n) is 6.89. The second kappa shape index (κ2) is 8.68. The van der Waals surface area contributed by atoms with Gasteiger partial charge < -0.3 is 10.1 Å². The van der Waals surface area contributed by atoms with Crippen molar-refractivity contribution in [2.75, 3.05) is 18.2 Å². The van der Waals surface area contributed by atoms with Crippen LogP contribution in [-0.4, -0.2) is 34.0 Å². The second-order valence-corrected chi connectivity index (χ2v) is 8.44. The van der Waals surface area contributed by atoms with E-state index < -0.39 is 0 Å². The Morgan fingerprint density at radius 1 is 1.38 bits per heavy atom. The average molecular weight is 543 g/mol. The third-order valence-electron chi connectivity index (χ3n) is 2.97. The number of hydrogen-bond acceptors (Lipinski definition) is 5. The van der Waals surface area contributed by atoms with Crippen LogP contribution in [0, 0.1) is 0 Å². The number of ether oxygens (including phenoxy) is 1. The van der Waals surface area contributed by atoms with Crippen LogP contribution in [-0.2, 0) is 4.79 Å². The number of nitrogens with one attached hydrogen (secondary N) is 2. The lowest BCUT2D eigenvalue weighted by molar-refractivity contribution is -0.113. The molecule has 24 heavy (non-hydrogen) atoms. The molecule has 0 fully saturated rings. The number of carbonyl (C=O) groups excluding carboxylic acids is 1.